The topological polar surface area (TPSA) is 105 Å². The van der Waals surface area contributed by atoms with Crippen molar-refractivity contribution in [2.24, 2.45) is 0 Å². The van der Waals surface area contributed by atoms with Crippen LogP contribution in [0.3, 0.4) is 0 Å². The minimum atomic E-state index is -1.01. The predicted octanol–water partition coefficient (Wildman–Crippen LogP) is 2.40. The number of anilines is 1. The van der Waals surface area contributed by atoms with Crippen LogP contribution in [0.1, 0.15) is 17.2 Å². The number of benzene rings is 2. The fraction of sp³-hybridized carbons (Fsp3) is 0.263. The molecule has 2 aromatic rings. The average molecular weight is 388 g/mol. The fourth-order valence-corrected chi connectivity index (χ4v) is 2.63. The number of hydrogen-bond donors (Lipinski definition) is 2. The second kappa shape index (κ2) is 9.05. The van der Waals surface area contributed by atoms with Crippen LogP contribution in [0.15, 0.2) is 42.5 Å². The summed E-state index contributed by atoms with van der Waals surface area (Å²) in [4.78, 5) is 36.6. The van der Waals surface area contributed by atoms with Gasteiger partial charge in [-0.3, -0.25) is 19.7 Å². The molecule has 2 N–H and O–H groups in total. The van der Waals surface area contributed by atoms with Crippen molar-refractivity contribution in [2.75, 3.05) is 26.0 Å². The summed E-state index contributed by atoms with van der Waals surface area (Å²) in [6.45, 7) is 1.78. The molecule has 0 saturated carbocycles. The highest BCUT2D eigenvalue weighted by molar-refractivity contribution is 6.39. The number of likely N-dealkylation sites (N-methyl/N-ethyl adjacent to an activating group) is 1. The van der Waals surface area contributed by atoms with Gasteiger partial charge in [0.25, 0.3) is 5.69 Å². The lowest BCUT2D eigenvalue weighted by molar-refractivity contribution is -0.384. The van der Waals surface area contributed by atoms with E-state index < -0.39 is 16.7 Å². The van der Waals surface area contributed by atoms with Crippen molar-refractivity contribution in [1.29, 1.82) is 0 Å². The maximum Gasteiger partial charge on any atom is 0.313 e. The van der Waals surface area contributed by atoms with Crippen LogP contribution in [-0.2, 0) is 9.59 Å². The number of halogens is 1. The van der Waals surface area contributed by atoms with E-state index in [9.17, 15) is 24.1 Å². The summed E-state index contributed by atoms with van der Waals surface area (Å²) in [5.74, 6) is -2.31. The first-order valence-electron chi connectivity index (χ1n) is 8.45. The molecule has 148 valence electrons. The lowest BCUT2D eigenvalue weighted by Gasteiger charge is -2.25. The number of nitro groups is 1. The molecule has 2 amide bonds. The van der Waals surface area contributed by atoms with E-state index in [4.69, 9.17) is 0 Å². The molecule has 0 aliphatic carbocycles. The summed E-state index contributed by atoms with van der Waals surface area (Å²) in [7, 11) is 3.58. The maximum atomic E-state index is 13.1. The van der Waals surface area contributed by atoms with Crippen LogP contribution in [0.25, 0.3) is 0 Å². The minimum Gasteiger partial charge on any atom is -0.346 e. The lowest BCUT2D eigenvalue weighted by Crippen LogP contribution is -2.40. The third kappa shape index (κ3) is 5.34. The van der Waals surface area contributed by atoms with Crippen molar-refractivity contribution in [3.8, 4) is 0 Å². The van der Waals surface area contributed by atoms with Crippen molar-refractivity contribution in [1.82, 2.24) is 10.2 Å². The summed E-state index contributed by atoms with van der Waals surface area (Å²) in [6.07, 6.45) is 0. The third-order valence-corrected chi connectivity index (χ3v) is 4.14. The van der Waals surface area contributed by atoms with Crippen LogP contribution in [0, 0.1) is 22.9 Å². The van der Waals surface area contributed by atoms with E-state index in [1.165, 1.54) is 24.3 Å². The highest BCUT2D eigenvalue weighted by atomic mass is 19.1. The highest BCUT2D eigenvalue weighted by Crippen LogP contribution is 2.25. The van der Waals surface area contributed by atoms with E-state index in [0.29, 0.717) is 5.56 Å². The Morgan fingerprint density at radius 1 is 1.14 bits per heavy atom. The molecule has 0 bridgehead atoms. The summed E-state index contributed by atoms with van der Waals surface area (Å²) in [5, 5.41) is 15.9. The molecule has 8 nitrogen and oxygen atoms in total. The number of carbonyl (C=O) groups is 2. The molecular formula is C19H21FN4O4. The van der Waals surface area contributed by atoms with Gasteiger partial charge < -0.3 is 15.5 Å². The van der Waals surface area contributed by atoms with Crippen LogP contribution in [0.5, 0.6) is 0 Å². The molecule has 9 heteroatoms. The van der Waals surface area contributed by atoms with Gasteiger partial charge in [-0.25, -0.2) is 4.39 Å². The van der Waals surface area contributed by atoms with Gasteiger partial charge in [-0.1, -0.05) is 18.2 Å². The molecule has 0 aromatic heterocycles. The van der Waals surface area contributed by atoms with Crippen LogP contribution in [0.2, 0.25) is 0 Å². The van der Waals surface area contributed by atoms with Gasteiger partial charge in [0, 0.05) is 12.6 Å². The second-order valence-electron chi connectivity index (χ2n) is 6.47. The van der Waals surface area contributed by atoms with E-state index in [-0.39, 0.29) is 29.8 Å². The Morgan fingerprint density at radius 2 is 1.79 bits per heavy atom. The van der Waals surface area contributed by atoms with Crippen molar-refractivity contribution in [3.63, 3.8) is 0 Å². The average Bonchev–Trinajstić information content (AvgIpc) is 2.64. The number of rotatable bonds is 6. The van der Waals surface area contributed by atoms with Gasteiger partial charge in [0.1, 0.15) is 11.5 Å². The van der Waals surface area contributed by atoms with E-state index in [1.807, 2.05) is 4.90 Å². The van der Waals surface area contributed by atoms with E-state index in [2.05, 4.69) is 10.6 Å². The van der Waals surface area contributed by atoms with Crippen LogP contribution in [0.4, 0.5) is 15.8 Å². The van der Waals surface area contributed by atoms with E-state index >= 15 is 0 Å². The zero-order valence-corrected chi connectivity index (χ0v) is 15.7. The predicted molar refractivity (Wildman–Crippen MR) is 102 cm³/mol. The molecule has 0 saturated heterocycles. The number of nitro benzene ring substituents is 1. The zero-order chi connectivity index (χ0) is 20.8. The molecule has 0 spiro atoms. The van der Waals surface area contributed by atoms with Gasteiger partial charge in [0.2, 0.25) is 0 Å². The van der Waals surface area contributed by atoms with Crippen LogP contribution in [-0.4, -0.2) is 42.3 Å². The molecule has 0 aliphatic heterocycles. The van der Waals surface area contributed by atoms with E-state index in [1.54, 1.807) is 39.2 Å². The molecule has 28 heavy (non-hydrogen) atoms. The minimum absolute atomic E-state index is 0.0570. The number of aryl methyl sites for hydroxylation is 1. The summed E-state index contributed by atoms with van der Waals surface area (Å²) >= 11 is 0. The third-order valence-electron chi connectivity index (χ3n) is 4.14. The number of amides is 2. The second-order valence-corrected chi connectivity index (χ2v) is 6.47. The molecule has 0 fully saturated rings. The van der Waals surface area contributed by atoms with Crippen LogP contribution < -0.4 is 10.6 Å². The normalized spacial score (nSPS) is 11.8. The number of nitrogens with one attached hydrogen (secondary N) is 2. The van der Waals surface area contributed by atoms with Crippen molar-refractivity contribution < 1.29 is 18.9 Å². The van der Waals surface area contributed by atoms with Gasteiger partial charge in [0.05, 0.1) is 11.0 Å². The largest absolute Gasteiger partial charge is 0.346 e. The molecule has 0 unspecified atom stereocenters. The quantitative estimate of drug-likeness (QED) is 0.449. The van der Waals surface area contributed by atoms with Gasteiger partial charge >= 0.3 is 11.8 Å². The standard InChI is InChI=1S/C19H21FN4O4/c1-12-4-9-15(16(10-12)24(27)28)22-19(26)18(25)21-11-17(23(2)3)13-5-7-14(20)8-6-13/h4-10,17H,11H2,1-3H3,(H,21,25)(H,22,26)/t17-/m0/s1. The Morgan fingerprint density at radius 3 is 2.36 bits per heavy atom. The first kappa shape index (κ1) is 21.0. The fourth-order valence-electron chi connectivity index (χ4n) is 2.63. The maximum absolute atomic E-state index is 13.1. The molecule has 1 atom stereocenters. The Bertz CT molecular complexity index is 884. The van der Waals surface area contributed by atoms with Gasteiger partial charge in [-0.15, -0.1) is 0 Å². The number of hydrogen-bond acceptors (Lipinski definition) is 5. The van der Waals surface area contributed by atoms with Crippen molar-refractivity contribution in [3.05, 3.63) is 69.5 Å². The number of nitrogens with zero attached hydrogens (tertiary/aromatic N) is 2. The Kier molecular flexibility index (Phi) is 6.78. The van der Waals surface area contributed by atoms with Gasteiger partial charge in [-0.05, 0) is 50.3 Å². The Hall–Kier alpha value is -3.33. The molecule has 0 aliphatic rings. The summed E-state index contributed by atoms with van der Waals surface area (Å²) in [6, 6.07) is 9.82. The molecule has 2 rings (SSSR count). The van der Waals surface area contributed by atoms with Crippen molar-refractivity contribution in [2.45, 2.75) is 13.0 Å². The molecule has 0 radical (unpaired) electrons. The first-order chi connectivity index (χ1) is 13.2. The first-order valence-corrected chi connectivity index (χ1v) is 8.45. The van der Waals surface area contributed by atoms with Gasteiger partial charge in [0.15, 0.2) is 0 Å². The lowest BCUT2D eigenvalue weighted by atomic mass is 10.1. The Labute approximate surface area is 161 Å². The van der Waals surface area contributed by atoms with Crippen LogP contribution >= 0.6 is 0 Å². The smallest absolute Gasteiger partial charge is 0.313 e. The monoisotopic (exact) mass is 388 g/mol. The number of carbonyl (C=O) groups excluding carboxylic acids is 2. The molecule has 0 heterocycles. The van der Waals surface area contributed by atoms with Gasteiger partial charge in [-0.2, -0.15) is 0 Å². The van der Waals surface area contributed by atoms with E-state index in [0.717, 1.165) is 5.56 Å². The SMILES string of the molecule is Cc1ccc(NC(=O)C(=O)NC[C@@H](c2ccc(F)cc2)N(C)C)c([N+](=O)[O-])c1. The highest BCUT2D eigenvalue weighted by Gasteiger charge is 2.22. The molecular weight excluding hydrogens is 367 g/mol. The summed E-state index contributed by atoms with van der Waals surface area (Å²) in [5.41, 5.74) is 1.07. The zero-order valence-electron chi connectivity index (χ0n) is 15.7. The molecule has 2 aromatic carbocycles. The summed E-state index contributed by atoms with van der Waals surface area (Å²) < 4.78 is 13.1. The van der Waals surface area contributed by atoms with Crippen molar-refractivity contribution >= 4 is 23.2 Å². The Balaban J connectivity index is 2.05.